The molecule has 132 valence electrons. The van der Waals surface area contributed by atoms with Gasteiger partial charge < -0.3 is 10.6 Å². The molecule has 0 unspecified atom stereocenters. The van der Waals surface area contributed by atoms with Gasteiger partial charge in [-0.2, -0.15) is 0 Å². The van der Waals surface area contributed by atoms with Crippen molar-refractivity contribution in [3.8, 4) is 0 Å². The van der Waals surface area contributed by atoms with Crippen LogP contribution in [0.25, 0.3) is 0 Å². The molecule has 2 aromatic rings. The Morgan fingerprint density at radius 1 is 1.16 bits per heavy atom. The van der Waals surface area contributed by atoms with Gasteiger partial charge in [0.2, 0.25) is 0 Å². The van der Waals surface area contributed by atoms with E-state index in [0.717, 1.165) is 32.5 Å². The number of anilines is 1. The van der Waals surface area contributed by atoms with Crippen LogP contribution in [0.4, 0.5) is 14.9 Å². The van der Waals surface area contributed by atoms with E-state index in [9.17, 15) is 9.18 Å². The van der Waals surface area contributed by atoms with E-state index in [1.165, 1.54) is 11.6 Å². The number of hydrogen-bond donors (Lipinski definition) is 2. The van der Waals surface area contributed by atoms with Gasteiger partial charge in [0.15, 0.2) is 0 Å². The second kappa shape index (κ2) is 8.45. The Bertz CT molecular complexity index is 718. The van der Waals surface area contributed by atoms with Crippen LogP contribution < -0.4 is 10.6 Å². The Kier molecular flexibility index (Phi) is 6.04. The zero-order valence-electron chi connectivity index (χ0n) is 13.8. The Morgan fingerprint density at radius 2 is 1.88 bits per heavy atom. The first kappa shape index (κ1) is 17.9. The third-order valence-electron chi connectivity index (χ3n) is 4.35. The first-order valence-corrected chi connectivity index (χ1v) is 9.18. The number of hydrogen-bond acceptors (Lipinski definition) is 2. The standard InChI is InChI=1S/C19H21BrFN3O/c20-15-6-7-18(17(21)12-15)23-19(25)22-16-8-10-24(11-9-16)13-14-4-2-1-3-5-14/h1-7,12,16H,8-11,13H2,(H2,22,23,25). The number of likely N-dealkylation sites (tertiary alicyclic amines) is 1. The molecule has 1 aliphatic heterocycles. The van der Waals surface area contributed by atoms with E-state index in [2.05, 4.69) is 55.7 Å². The lowest BCUT2D eigenvalue weighted by Crippen LogP contribution is -2.45. The van der Waals surface area contributed by atoms with E-state index in [1.807, 2.05) is 6.07 Å². The molecule has 25 heavy (non-hydrogen) atoms. The zero-order chi connectivity index (χ0) is 17.6. The minimum atomic E-state index is -0.456. The molecule has 6 heteroatoms. The first-order chi connectivity index (χ1) is 12.1. The number of nitrogens with zero attached hydrogens (tertiary/aromatic N) is 1. The molecular weight excluding hydrogens is 385 g/mol. The van der Waals surface area contributed by atoms with E-state index < -0.39 is 5.82 Å². The maximum atomic E-state index is 13.8. The molecule has 0 aromatic heterocycles. The summed E-state index contributed by atoms with van der Waals surface area (Å²) in [6, 6.07) is 14.7. The second-order valence-corrected chi connectivity index (χ2v) is 7.17. The lowest BCUT2D eigenvalue weighted by Gasteiger charge is -2.32. The lowest BCUT2D eigenvalue weighted by atomic mass is 10.0. The maximum absolute atomic E-state index is 13.8. The highest BCUT2D eigenvalue weighted by atomic mass is 79.9. The largest absolute Gasteiger partial charge is 0.335 e. The Labute approximate surface area is 155 Å². The van der Waals surface area contributed by atoms with Gasteiger partial charge in [-0.15, -0.1) is 0 Å². The van der Waals surface area contributed by atoms with Crippen LogP contribution in [0.5, 0.6) is 0 Å². The summed E-state index contributed by atoms with van der Waals surface area (Å²) in [4.78, 5) is 14.5. The highest BCUT2D eigenvalue weighted by molar-refractivity contribution is 9.10. The number of nitrogens with one attached hydrogen (secondary N) is 2. The first-order valence-electron chi connectivity index (χ1n) is 8.39. The van der Waals surface area contributed by atoms with Crippen molar-refractivity contribution in [3.05, 3.63) is 64.4 Å². The molecule has 0 spiro atoms. The summed E-state index contributed by atoms with van der Waals surface area (Å²) < 4.78 is 14.4. The Hall–Kier alpha value is -1.92. The van der Waals surface area contributed by atoms with Gasteiger partial charge in [-0.25, -0.2) is 9.18 Å². The van der Waals surface area contributed by atoms with Gasteiger partial charge in [0.05, 0.1) is 5.69 Å². The van der Waals surface area contributed by atoms with Gasteiger partial charge in [0.1, 0.15) is 5.82 Å². The monoisotopic (exact) mass is 405 g/mol. The number of amides is 2. The molecule has 0 radical (unpaired) electrons. The number of urea groups is 1. The summed E-state index contributed by atoms with van der Waals surface area (Å²) in [6.45, 7) is 2.81. The average Bonchev–Trinajstić information content (AvgIpc) is 2.60. The third-order valence-corrected chi connectivity index (χ3v) is 4.84. The van der Waals surface area contributed by atoms with E-state index in [0.29, 0.717) is 4.47 Å². The molecule has 0 aliphatic carbocycles. The number of piperidine rings is 1. The number of halogens is 2. The van der Waals surface area contributed by atoms with Gasteiger partial charge in [0, 0.05) is 30.1 Å². The van der Waals surface area contributed by atoms with Crippen LogP contribution in [0.3, 0.4) is 0 Å². The molecule has 2 amide bonds. The normalized spacial score (nSPS) is 15.8. The molecule has 2 N–H and O–H groups in total. The van der Waals surface area contributed by atoms with E-state index in [1.54, 1.807) is 12.1 Å². The fourth-order valence-electron chi connectivity index (χ4n) is 3.01. The topological polar surface area (TPSA) is 44.4 Å². The molecule has 3 rings (SSSR count). The number of benzene rings is 2. The van der Waals surface area contributed by atoms with Crippen molar-refractivity contribution in [2.24, 2.45) is 0 Å². The van der Waals surface area contributed by atoms with Crippen molar-refractivity contribution in [2.75, 3.05) is 18.4 Å². The van der Waals surface area contributed by atoms with Crippen LogP contribution in [0.1, 0.15) is 18.4 Å². The van der Waals surface area contributed by atoms with Crippen LogP contribution in [0.2, 0.25) is 0 Å². The van der Waals surface area contributed by atoms with Crippen LogP contribution >= 0.6 is 15.9 Å². The molecule has 1 fully saturated rings. The predicted octanol–water partition coefficient (Wildman–Crippen LogP) is 4.37. The highest BCUT2D eigenvalue weighted by Crippen LogP contribution is 2.19. The van der Waals surface area contributed by atoms with Gasteiger partial charge in [-0.1, -0.05) is 46.3 Å². The van der Waals surface area contributed by atoms with E-state index >= 15 is 0 Å². The quantitative estimate of drug-likeness (QED) is 0.792. The number of carbonyl (C=O) groups excluding carboxylic acids is 1. The SMILES string of the molecule is O=C(Nc1ccc(Br)cc1F)NC1CCN(Cc2ccccc2)CC1. The number of carbonyl (C=O) groups is 1. The summed E-state index contributed by atoms with van der Waals surface area (Å²) in [6.07, 6.45) is 1.78. The molecule has 1 aliphatic rings. The van der Waals surface area contributed by atoms with Crippen LogP contribution in [0, 0.1) is 5.82 Å². The highest BCUT2D eigenvalue weighted by Gasteiger charge is 2.21. The average molecular weight is 406 g/mol. The molecule has 0 atom stereocenters. The minimum Gasteiger partial charge on any atom is -0.335 e. The molecule has 2 aromatic carbocycles. The van der Waals surface area contributed by atoms with Gasteiger partial charge in [0.25, 0.3) is 0 Å². The zero-order valence-corrected chi connectivity index (χ0v) is 15.4. The van der Waals surface area contributed by atoms with Crippen molar-refractivity contribution in [2.45, 2.75) is 25.4 Å². The fourth-order valence-corrected chi connectivity index (χ4v) is 3.34. The van der Waals surface area contributed by atoms with Gasteiger partial charge >= 0.3 is 6.03 Å². The molecule has 0 saturated carbocycles. The van der Waals surface area contributed by atoms with Crippen molar-refractivity contribution in [3.63, 3.8) is 0 Å². The molecular formula is C19H21BrFN3O. The Morgan fingerprint density at radius 3 is 2.56 bits per heavy atom. The maximum Gasteiger partial charge on any atom is 0.319 e. The third kappa shape index (κ3) is 5.28. The van der Waals surface area contributed by atoms with E-state index in [4.69, 9.17) is 0 Å². The predicted molar refractivity (Wildman–Crippen MR) is 101 cm³/mol. The van der Waals surface area contributed by atoms with Crippen molar-refractivity contribution in [1.29, 1.82) is 0 Å². The van der Waals surface area contributed by atoms with Crippen molar-refractivity contribution >= 4 is 27.6 Å². The van der Waals surface area contributed by atoms with Crippen LogP contribution in [-0.2, 0) is 6.54 Å². The van der Waals surface area contributed by atoms with E-state index in [-0.39, 0.29) is 17.8 Å². The summed E-state index contributed by atoms with van der Waals surface area (Å²) in [5.41, 5.74) is 1.49. The molecule has 4 nitrogen and oxygen atoms in total. The summed E-state index contributed by atoms with van der Waals surface area (Å²) >= 11 is 3.20. The molecule has 1 saturated heterocycles. The van der Waals surface area contributed by atoms with Gasteiger partial charge in [-0.05, 0) is 36.6 Å². The molecule has 0 bridgehead atoms. The summed E-state index contributed by atoms with van der Waals surface area (Å²) in [5.74, 6) is -0.456. The molecule has 1 heterocycles. The van der Waals surface area contributed by atoms with Crippen LogP contribution in [-0.4, -0.2) is 30.1 Å². The van der Waals surface area contributed by atoms with Crippen molar-refractivity contribution < 1.29 is 9.18 Å². The summed E-state index contributed by atoms with van der Waals surface area (Å²) in [7, 11) is 0. The van der Waals surface area contributed by atoms with Crippen LogP contribution in [0.15, 0.2) is 53.0 Å². The Balaban J connectivity index is 1.44. The lowest BCUT2D eigenvalue weighted by molar-refractivity contribution is 0.190. The van der Waals surface area contributed by atoms with Gasteiger partial charge in [-0.3, -0.25) is 4.90 Å². The second-order valence-electron chi connectivity index (χ2n) is 6.26. The summed E-state index contributed by atoms with van der Waals surface area (Å²) in [5, 5.41) is 5.51. The minimum absolute atomic E-state index is 0.116. The fraction of sp³-hybridized carbons (Fsp3) is 0.316. The van der Waals surface area contributed by atoms with Crippen molar-refractivity contribution in [1.82, 2.24) is 10.2 Å². The number of rotatable bonds is 4. The smallest absolute Gasteiger partial charge is 0.319 e.